The summed E-state index contributed by atoms with van der Waals surface area (Å²) in [7, 11) is 2.12. The van der Waals surface area contributed by atoms with Crippen LogP contribution in [0, 0.1) is 6.92 Å². The van der Waals surface area contributed by atoms with E-state index < -0.39 is 0 Å². The van der Waals surface area contributed by atoms with Crippen molar-refractivity contribution >= 4 is 38.9 Å². The van der Waals surface area contributed by atoms with E-state index in [9.17, 15) is 0 Å². The second-order valence-corrected chi connectivity index (χ2v) is 9.78. The minimum absolute atomic E-state index is 0.177. The van der Waals surface area contributed by atoms with Gasteiger partial charge in [0.2, 0.25) is 5.88 Å². The van der Waals surface area contributed by atoms with Crippen LogP contribution in [0.4, 0.5) is 17.1 Å². The van der Waals surface area contributed by atoms with E-state index in [4.69, 9.17) is 4.74 Å². The number of benzene rings is 3. The molecule has 6 aromatic rings. The number of hydrogen-bond donors (Lipinski definition) is 0. The van der Waals surface area contributed by atoms with Gasteiger partial charge < -0.3 is 14.5 Å². The van der Waals surface area contributed by atoms with Gasteiger partial charge in [-0.3, -0.25) is 4.57 Å². The van der Waals surface area contributed by atoms with Gasteiger partial charge in [-0.2, -0.15) is 0 Å². The molecular formula is C32H27N5O. The number of hydrogen-bond acceptors (Lipinski definition) is 5. The van der Waals surface area contributed by atoms with Gasteiger partial charge in [0.15, 0.2) is 0 Å². The number of nitrogens with zero attached hydrogens (tertiary/aromatic N) is 5. The molecule has 0 aliphatic carbocycles. The molecule has 0 radical (unpaired) electrons. The van der Waals surface area contributed by atoms with E-state index in [-0.39, 0.29) is 6.17 Å². The third-order valence-corrected chi connectivity index (χ3v) is 7.45. The van der Waals surface area contributed by atoms with E-state index in [0.29, 0.717) is 5.88 Å². The lowest BCUT2D eigenvalue weighted by molar-refractivity contribution is 0.463. The molecule has 186 valence electrons. The molecule has 0 fully saturated rings. The molecule has 1 atom stereocenters. The van der Waals surface area contributed by atoms with E-state index in [2.05, 4.69) is 112 Å². The Morgan fingerprint density at radius 3 is 2.37 bits per heavy atom. The van der Waals surface area contributed by atoms with Crippen LogP contribution < -0.4 is 14.5 Å². The summed E-state index contributed by atoms with van der Waals surface area (Å²) in [4.78, 5) is 13.8. The summed E-state index contributed by atoms with van der Waals surface area (Å²) < 4.78 is 8.56. The lowest BCUT2D eigenvalue weighted by atomic mass is 10.1. The van der Waals surface area contributed by atoms with Crippen molar-refractivity contribution in [3.05, 3.63) is 109 Å². The maximum atomic E-state index is 6.36. The zero-order chi connectivity index (χ0) is 25.8. The predicted octanol–water partition coefficient (Wildman–Crippen LogP) is 7.61. The summed E-state index contributed by atoms with van der Waals surface area (Å²) in [6, 6.07) is 31.3. The van der Waals surface area contributed by atoms with Gasteiger partial charge in [-0.25, -0.2) is 9.97 Å². The van der Waals surface area contributed by atoms with E-state index in [1.165, 1.54) is 16.8 Å². The van der Waals surface area contributed by atoms with Crippen LogP contribution in [0.5, 0.6) is 11.6 Å². The number of aryl methyl sites for hydroxylation is 1. The smallest absolute Gasteiger partial charge is 0.221 e. The normalized spacial score (nSPS) is 14.9. The minimum atomic E-state index is 0.177. The molecule has 0 N–H and O–H groups in total. The van der Waals surface area contributed by atoms with Crippen LogP contribution in [-0.2, 0) is 0 Å². The Morgan fingerprint density at radius 1 is 0.737 bits per heavy atom. The Labute approximate surface area is 221 Å². The molecular weight excluding hydrogens is 470 g/mol. The molecule has 0 bridgehead atoms. The first-order chi connectivity index (χ1) is 18.6. The molecule has 6 nitrogen and oxygen atoms in total. The molecule has 6 heteroatoms. The van der Waals surface area contributed by atoms with Gasteiger partial charge in [0.05, 0.1) is 28.1 Å². The molecule has 0 spiro atoms. The fourth-order valence-electron chi connectivity index (χ4n) is 5.53. The summed E-state index contributed by atoms with van der Waals surface area (Å²) in [5.74, 6) is 2.17. The summed E-state index contributed by atoms with van der Waals surface area (Å²) in [6.07, 6.45) is 3.84. The molecule has 1 aliphatic rings. The van der Waals surface area contributed by atoms with Gasteiger partial charge in [0.25, 0.3) is 0 Å². The van der Waals surface area contributed by atoms with Crippen molar-refractivity contribution < 1.29 is 4.74 Å². The molecule has 0 saturated carbocycles. The molecule has 3 aromatic carbocycles. The summed E-state index contributed by atoms with van der Waals surface area (Å²) in [5.41, 5.74) is 6.75. The zero-order valence-corrected chi connectivity index (χ0v) is 21.5. The topological polar surface area (TPSA) is 46.4 Å². The Morgan fingerprint density at radius 2 is 1.50 bits per heavy atom. The van der Waals surface area contributed by atoms with Crippen LogP contribution in [0.15, 0.2) is 103 Å². The summed E-state index contributed by atoms with van der Waals surface area (Å²) in [6.45, 7) is 4.29. The van der Waals surface area contributed by atoms with E-state index in [1.807, 2.05) is 36.7 Å². The van der Waals surface area contributed by atoms with Crippen molar-refractivity contribution in [2.45, 2.75) is 20.0 Å². The number of para-hydroxylation sites is 3. The highest BCUT2D eigenvalue weighted by Gasteiger charge is 2.31. The molecule has 0 saturated heterocycles. The van der Waals surface area contributed by atoms with E-state index >= 15 is 0 Å². The van der Waals surface area contributed by atoms with Crippen LogP contribution in [-0.4, -0.2) is 27.7 Å². The predicted molar refractivity (Wildman–Crippen MR) is 154 cm³/mol. The van der Waals surface area contributed by atoms with Crippen molar-refractivity contribution in [3.8, 4) is 17.4 Å². The molecule has 1 unspecified atom stereocenters. The molecule has 0 amide bonds. The second kappa shape index (κ2) is 8.63. The minimum Gasteiger partial charge on any atom is -0.439 e. The van der Waals surface area contributed by atoms with Crippen LogP contribution in [0.3, 0.4) is 0 Å². The second-order valence-electron chi connectivity index (χ2n) is 9.78. The number of aromatic nitrogens is 3. The van der Waals surface area contributed by atoms with E-state index in [1.54, 1.807) is 0 Å². The number of rotatable bonds is 4. The van der Waals surface area contributed by atoms with Gasteiger partial charge in [-0.1, -0.05) is 30.3 Å². The largest absolute Gasteiger partial charge is 0.439 e. The van der Waals surface area contributed by atoms with Crippen LogP contribution in [0.25, 0.3) is 27.6 Å². The number of pyridine rings is 2. The molecule has 7 rings (SSSR count). The SMILES string of the molecule is Cc1ccnc(-n2c3ccccc3c3ccc(Oc4cc(N5c6ccccc6N(C)C5C)ccn4)cc32)c1. The number of anilines is 3. The quantitative estimate of drug-likeness (QED) is 0.251. The Balaban J connectivity index is 1.30. The van der Waals surface area contributed by atoms with Crippen molar-refractivity contribution in [3.63, 3.8) is 0 Å². The Bertz CT molecular complexity index is 1820. The molecule has 4 heterocycles. The van der Waals surface area contributed by atoms with Gasteiger partial charge in [-0.15, -0.1) is 0 Å². The van der Waals surface area contributed by atoms with Gasteiger partial charge in [0, 0.05) is 42.3 Å². The fraction of sp³-hybridized carbons (Fsp3) is 0.125. The van der Waals surface area contributed by atoms with Crippen molar-refractivity contribution in [2.75, 3.05) is 16.8 Å². The number of fused-ring (bicyclic) bond motifs is 4. The first-order valence-electron chi connectivity index (χ1n) is 12.8. The van der Waals surface area contributed by atoms with Gasteiger partial charge >= 0.3 is 0 Å². The fourth-order valence-corrected chi connectivity index (χ4v) is 5.53. The Kier molecular flexibility index (Phi) is 5.08. The number of ether oxygens (including phenoxy) is 1. The van der Waals surface area contributed by atoms with Crippen LogP contribution >= 0.6 is 0 Å². The first-order valence-corrected chi connectivity index (χ1v) is 12.8. The van der Waals surface area contributed by atoms with Crippen LogP contribution in [0.2, 0.25) is 0 Å². The maximum absolute atomic E-state index is 6.36. The third-order valence-electron chi connectivity index (χ3n) is 7.45. The highest BCUT2D eigenvalue weighted by atomic mass is 16.5. The molecule has 38 heavy (non-hydrogen) atoms. The summed E-state index contributed by atoms with van der Waals surface area (Å²) >= 11 is 0. The van der Waals surface area contributed by atoms with Gasteiger partial charge in [0.1, 0.15) is 17.7 Å². The van der Waals surface area contributed by atoms with Crippen molar-refractivity contribution in [2.24, 2.45) is 0 Å². The monoisotopic (exact) mass is 497 g/mol. The highest BCUT2D eigenvalue weighted by molar-refractivity contribution is 6.09. The standard InChI is InChI=1S/C32H27N5O/c1-21-14-16-33-31(18-21)37-27-9-5-4-8-25(27)26-13-12-24(20-30(26)37)38-32-19-23(15-17-34-32)36-22(2)35(3)28-10-6-7-11-29(28)36/h4-20,22H,1-3H3. The Hall–Kier alpha value is -4.84. The lowest BCUT2D eigenvalue weighted by Gasteiger charge is -2.27. The average Bonchev–Trinajstić information content (AvgIpc) is 3.40. The average molecular weight is 498 g/mol. The maximum Gasteiger partial charge on any atom is 0.221 e. The van der Waals surface area contributed by atoms with Crippen molar-refractivity contribution in [1.82, 2.24) is 14.5 Å². The first kappa shape index (κ1) is 22.4. The summed E-state index contributed by atoms with van der Waals surface area (Å²) in [5, 5.41) is 2.34. The van der Waals surface area contributed by atoms with Crippen molar-refractivity contribution in [1.29, 1.82) is 0 Å². The van der Waals surface area contributed by atoms with Crippen LogP contribution in [0.1, 0.15) is 12.5 Å². The highest BCUT2D eigenvalue weighted by Crippen LogP contribution is 2.43. The zero-order valence-electron chi connectivity index (χ0n) is 21.5. The lowest BCUT2D eigenvalue weighted by Crippen LogP contribution is -2.35. The van der Waals surface area contributed by atoms with E-state index in [0.717, 1.165) is 39.2 Å². The third kappa shape index (κ3) is 3.49. The molecule has 1 aliphatic heterocycles. The van der Waals surface area contributed by atoms with Gasteiger partial charge in [-0.05, 0) is 67.9 Å². The molecule has 3 aromatic heterocycles.